The predicted molar refractivity (Wildman–Crippen MR) is 187 cm³/mol. The van der Waals surface area contributed by atoms with E-state index in [2.05, 4.69) is 127 Å². The predicted octanol–water partition coefficient (Wildman–Crippen LogP) is 5.33. The van der Waals surface area contributed by atoms with Gasteiger partial charge in [-0.1, -0.05) is 20.8 Å². The van der Waals surface area contributed by atoms with E-state index in [1.54, 1.807) is 0 Å². The molecule has 0 spiro atoms. The zero-order valence-corrected chi connectivity index (χ0v) is 31.0. The van der Waals surface area contributed by atoms with Crippen LogP contribution >= 0.6 is 0 Å². The van der Waals surface area contributed by atoms with E-state index in [-0.39, 0.29) is 6.10 Å². The van der Waals surface area contributed by atoms with Crippen molar-refractivity contribution in [3.8, 4) is 0 Å². The van der Waals surface area contributed by atoms with Gasteiger partial charge in [0.15, 0.2) is 0 Å². The molecule has 4 heterocycles. The second-order valence-corrected chi connectivity index (χ2v) is 15.0. The van der Waals surface area contributed by atoms with Crippen LogP contribution in [0, 0.1) is 5.92 Å². The SMILES string of the molecule is CC(C)C.CC(C)N1CCC(N(C)C)C1.CC(C)N1CCC(O)C1.CC(C)N1CCCC1.CNC1CCN(C(C)C)C1. The van der Waals surface area contributed by atoms with Crippen molar-refractivity contribution in [2.45, 2.75) is 151 Å². The molecule has 42 heavy (non-hydrogen) atoms. The first-order valence-electron chi connectivity index (χ1n) is 17.6. The van der Waals surface area contributed by atoms with E-state index >= 15 is 0 Å². The number of aliphatic hydroxyl groups excluding tert-OH is 1. The Kier molecular flexibility index (Phi) is 23.0. The third-order valence-electron chi connectivity index (χ3n) is 8.81. The molecule has 0 aromatic heterocycles. The number of nitrogens with one attached hydrogen (secondary N) is 1. The van der Waals surface area contributed by atoms with Gasteiger partial charge in [0.1, 0.15) is 0 Å². The molecule has 0 aromatic rings. The normalized spacial score (nSPS) is 25.5. The molecule has 4 aliphatic rings. The Labute approximate surface area is 264 Å². The Hall–Kier alpha value is -0.280. The Morgan fingerprint density at radius 3 is 1.21 bits per heavy atom. The first-order chi connectivity index (χ1) is 19.6. The topological polar surface area (TPSA) is 48.5 Å². The lowest BCUT2D eigenvalue weighted by Crippen LogP contribution is -2.34. The summed E-state index contributed by atoms with van der Waals surface area (Å²) >= 11 is 0. The molecular weight excluding hydrogens is 520 g/mol. The van der Waals surface area contributed by atoms with Crippen LogP contribution in [0.4, 0.5) is 0 Å². The molecule has 0 bridgehead atoms. The van der Waals surface area contributed by atoms with Crippen LogP contribution in [-0.4, -0.2) is 145 Å². The maximum absolute atomic E-state index is 9.11. The third kappa shape index (κ3) is 19.2. The summed E-state index contributed by atoms with van der Waals surface area (Å²) in [6.45, 7) is 34.1. The van der Waals surface area contributed by atoms with Gasteiger partial charge in [-0.25, -0.2) is 0 Å². The van der Waals surface area contributed by atoms with Crippen molar-refractivity contribution in [3.63, 3.8) is 0 Å². The minimum absolute atomic E-state index is 0.0626. The average Bonchev–Trinajstić information content (AvgIpc) is 3.71. The van der Waals surface area contributed by atoms with Gasteiger partial charge in [-0.2, -0.15) is 0 Å². The third-order valence-corrected chi connectivity index (χ3v) is 8.81. The quantitative estimate of drug-likeness (QED) is 0.428. The van der Waals surface area contributed by atoms with Crippen molar-refractivity contribution in [3.05, 3.63) is 0 Å². The molecule has 4 aliphatic heterocycles. The van der Waals surface area contributed by atoms with E-state index in [1.165, 1.54) is 65.0 Å². The molecule has 7 nitrogen and oxygen atoms in total. The molecule has 4 fully saturated rings. The number of β-amino-alcohol motifs (C(OH)–C–C–N with tert-alkyl or cyclic N) is 1. The summed E-state index contributed by atoms with van der Waals surface area (Å²) in [6, 6.07) is 4.35. The van der Waals surface area contributed by atoms with Crippen LogP contribution < -0.4 is 5.32 Å². The molecule has 0 aromatic carbocycles. The molecule has 0 aliphatic carbocycles. The zero-order valence-electron chi connectivity index (χ0n) is 31.0. The smallest absolute Gasteiger partial charge is 0.0679 e. The molecule has 0 radical (unpaired) electrons. The number of nitrogens with zero attached hydrogens (tertiary/aromatic N) is 5. The van der Waals surface area contributed by atoms with Gasteiger partial charge in [-0.15, -0.1) is 0 Å². The maximum Gasteiger partial charge on any atom is 0.0679 e. The minimum Gasteiger partial charge on any atom is -0.392 e. The van der Waals surface area contributed by atoms with Crippen LogP contribution in [0.1, 0.15) is 108 Å². The van der Waals surface area contributed by atoms with E-state index in [4.69, 9.17) is 5.11 Å². The van der Waals surface area contributed by atoms with Gasteiger partial charge < -0.3 is 20.2 Å². The molecule has 3 unspecified atom stereocenters. The fraction of sp³-hybridized carbons (Fsp3) is 1.00. The Balaban J connectivity index is 0.000000514. The van der Waals surface area contributed by atoms with E-state index in [0.717, 1.165) is 55.6 Å². The van der Waals surface area contributed by atoms with Crippen LogP contribution in [0.2, 0.25) is 0 Å². The van der Waals surface area contributed by atoms with Gasteiger partial charge in [0.05, 0.1) is 6.10 Å². The molecule has 3 atom stereocenters. The van der Waals surface area contributed by atoms with Gasteiger partial charge >= 0.3 is 0 Å². The van der Waals surface area contributed by atoms with Crippen LogP contribution in [0.3, 0.4) is 0 Å². The van der Waals surface area contributed by atoms with Crippen LogP contribution in [0.5, 0.6) is 0 Å². The van der Waals surface area contributed by atoms with Crippen LogP contribution in [0.15, 0.2) is 0 Å². The van der Waals surface area contributed by atoms with Gasteiger partial charge in [0, 0.05) is 69.0 Å². The molecule has 7 heteroatoms. The summed E-state index contributed by atoms with van der Waals surface area (Å²) in [5, 5.41) is 12.4. The van der Waals surface area contributed by atoms with Crippen LogP contribution in [0.25, 0.3) is 0 Å². The Bertz CT molecular complexity index is 604. The highest BCUT2D eigenvalue weighted by atomic mass is 16.3. The molecule has 4 rings (SSSR count). The summed E-state index contributed by atoms with van der Waals surface area (Å²) in [6.07, 6.45) is 6.38. The fourth-order valence-electron chi connectivity index (χ4n) is 5.65. The largest absolute Gasteiger partial charge is 0.392 e. The number of rotatable bonds is 6. The van der Waals surface area contributed by atoms with Crippen molar-refractivity contribution in [1.29, 1.82) is 0 Å². The lowest BCUT2D eigenvalue weighted by atomic mass is 10.2. The summed E-state index contributed by atoms with van der Waals surface area (Å²) in [5.41, 5.74) is 0. The number of likely N-dealkylation sites (N-methyl/N-ethyl adjacent to an activating group) is 2. The first-order valence-corrected chi connectivity index (χ1v) is 17.6. The Morgan fingerprint density at radius 2 is 0.976 bits per heavy atom. The summed E-state index contributed by atoms with van der Waals surface area (Å²) < 4.78 is 0. The number of aliphatic hydroxyl groups is 1. The Morgan fingerprint density at radius 1 is 0.571 bits per heavy atom. The highest BCUT2D eigenvalue weighted by Crippen LogP contribution is 2.15. The van der Waals surface area contributed by atoms with Crippen molar-refractivity contribution >= 4 is 0 Å². The van der Waals surface area contributed by atoms with E-state index < -0.39 is 0 Å². The zero-order chi connectivity index (χ0) is 32.4. The van der Waals surface area contributed by atoms with Crippen molar-refractivity contribution < 1.29 is 5.11 Å². The molecule has 0 saturated carbocycles. The number of hydrogen-bond donors (Lipinski definition) is 2. The monoisotopic (exact) mass is 599 g/mol. The highest BCUT2D eigenvalue weighted by molar-refractivity contribution is 4.82. The number of hydrogen-bond acceptors (Lipinski definition) is 7. The number of likely N-dealkylation sites (tertiary alicyclic amines) is 4. The van der Waals surface area contributed by atoms with Crippen LogP contribution in [-0.2, 0) is 0 Å². The fourth-order valence-corrected chi connectivity index (χ4v) is 5.65. The molecular formula is C35H78N6O. The second kappa shape index (κ2) is 23.1. The van der Waals surface area contributed by atoms with Gasteiger partial charge in [0.2, 0.25) is 0 Å². The van der Waals surface area contributed by atoms with Crippen molar-refractivity contribution in [2.24, 2.45) is 5.92 Å². The molecule has 4 saturated heterocycles. The lowest BCUT2D eigenvalue weighted by molar-refractivity contribution is 0.166. The highest BCUT2D eigenvalue weighted by Gasteiger charge is 2.25. The minimum atomic E-state index is -0.0626. The van der Waals surface area contributed by atoms with E-state index in [1.807, 2.05) is 0 Å². The average molecular weight is 599 g/mol. The summed E-state index contributed by atoms with van der Waals surface area (Å²) in [4.78, 5) is 12.2. The van der Waals surface area contributed by atoms with Gasteiger partial charge in [-0.05, 0) is 134 Å². The molecule has 2 N–H and O–H groups in total. The standard InChI is InChI=1S/C9H20N2.C8H18N2.C7H15NO.C7H15N.C4H10/c1-8(2)11-6-5-9(7-11)10(3)4;1-7(2)10-5-4-8(6-10)9-3;1-6(2)8-4-3-7(9)5-8;1-7(2)8-5-3-4-6-8;1-4(2)3/h8-9H,5-7H2,1-4H3;7-9H,4-6H2,1-3H3;6-7,9H,3-5H2,1-2H3;7H,3-6H2,1-2H3;4H,1-3H3. The van der Waals surface area contributed by atoms with Gasteiger partial charge in [0.25, 0.3) is 0 Å². The first kappa shape index (κ1) is 41.7. The molecule has 254 valence electrons. The van der Waals surface area contributed by atoms with Crippen molar-refractivity contribution in [1.82, 2.24) is 29.8 Å². The van der Waals surface area contributed by atoms with E-state index in [9.17, 15) is 0 Å². The van der Waals surface area contributed by atoms with Crippen molar-refractivity contribution in [2.75, 3.05) is 73.5 Å². The molecule has 0 amide bonds. The second-order valence-electron chi connectivity index (χ2n) is 15.0. The summed E-state index contributed by atoms with van der Waals surface area (Å²) in [5.74, 6) is 0.833. The summed E-state index contributed by atoms with van der Waals surface area (Å²) in [7, 11) is 6.40. The van der Waals surface area contributed by atoms with Gasteiger partial charge in [-0.3, -0.25) is 14.7 Å². The lowest BCUT2D eigenvalue weighted by Gasteiger charge is -2.22. The van der Waals surface area contributed by atoms with E-state index in [0.29, 0.717) is 6.04 Å². The maximum atomic E-state index is 9.11.